The molecule has 0 radical (unpaired) electrons. The highest BCUT2D eigenvalue weighted by Crippen LogP contribution is 2.41. The fourth-order valence-corrected chi connectivity index (χ4v) is 7.35. The number of nitrogens with zero attached hydrogens (tertiary/aromatic N) is 2. The Hall–Kier alpha value is -1.45. The van der Waals surface area contributed by atoms with E-state index in [1.807, 2.05) is 0 Å². The zero-order chi connectivity index (χ0) is 17.6. The maximum Gasteiger partial charge on any atom is 0.277 e. The van der Waals surface area contributed by atoms with Crippen molar-refractivity contribution in [3.05, 3.63) is 30.1 Å². The molecule has 3 aliphatic rings. The standard InChI is InChI=1S/C16H17FN2O4S2/c17-10-3-1-4-11(7-10)19-12-8-25(21,22)9-14(12)24-16(19)18-15(20)13-5-2-6-23-13/h1,3-4,7,12-14H,2,5-6,8-9H2/t12-,13+,14+/m0/s1. The number of hydrogen-bond acceptors (Lipinski definition) is 5. The van der Waals surface area contributed by atoms with E-state index in [4.69, 9.17) is 4.74 Å². The molecule has 0 spiro atoms. The largest absolute Gasteiger partial charge is 0.368 e. The SMILES string of the molecule is O=C(N=C1S[C@@H]2CS(=O)(=O)C[C@@H]2N1c1cccc(F)c1)[C@H]1CCCO1. The van der Waals surface area contributed by atoms with E-state index in [0.717, 1.165) is 6.42 Å². The molecule has 0 aromatic heterocycles. The summed E-state index contributed by atoms with van der Waals surface area (Å²) in [5.41, 5.74) is 0.510. The van der Waals surface area contributed by atoms with Crippen LogP contribution in [-0.4, -0.2) is 55.0 Å². The molecular weight excluding hydrogens is 367 g/mol. The third-order valence-electron chi connectivity index (χ3n) is 4.56. The van der Waals surface area contributed by atoms with Gasteiger partial charge < -0.3 is 9.64 Å². The number of thioether (sulfide) groups is 1. The number of amides is 1. The van der Waals surface area contributed by atoms with Crippen molar-refractivity contribution in [2.75, 3.05) is 23.0 Å². The molecule has 1 aromatic carbocycles. The molecule has 0 saturated carbocycles. The van der Waals surface area contributed by atoms with Crippen LogP contribution in [0.25, 0.3) is 0 Å². The molecule has 0 bridgehead atoms. The number of rotatable bonds is 2. The molecule has 9 heteroatoms. The van der Waals surface area contributed by atoms with Gasteiger partial charge in [0.15, 0.2) is 15.0 Å². The first-order valence-electron chi connectivity index (χ1n) is 8.09. The minimum Gasteiger partial charge on any atom is -0.368 e. The van der Waals surface area contributed by atoms with Crippen molar-refractivity contribution in [1.82, 2.24) is 0 Å². The predicted molar refractivity (Wildman–Crippen MR) is 94.1 cm³/mol. The smallest absolute Gasteiger partial charge is 0.277 e. The van der Waals surface area contributed by atoms with Crippen molar-refractivity contribution in [2.24, 2.45) is 4.99 Å². The molecule has 134 valence electrons. The van der Waals surface area contributed by atoms with Gasteiger partial charge in [0.05, 0.1) is 17.5 Å². The molecule has 25 heavy (non-hydrogen) atoms. The number of aliphatic imine (C=N–C) groups is 1. The third-order valence-corrected chi connectivity index (χ3v) is 7.77. The van der Waals surface area contributed by atoms with Crippen molar-refractivity contribution in [3.8, 4) is 0 Å². The van der Waals surface area contributed by atoms with Crippen LogP contribution in [0, 0.1) is 5.82 Å². The summed E-state index contributed by atoms with van der Waals surface area (Å²) in [6.45, 7) is 0.547. The van der Waals surface area contributed by atoms with E-state index < -0.39 is 21.8 Å². The number of amidine groups is 1. The molecular formula is C16H17FN2O4S2. The molecule has 0 unspecified atom stereocenters. The molecule has 3 saturated heterocycles. The highest BCUT2D eigenvalue weighted by atomic mass is 32.2. The van der Waals surface area contributed by atoms with Gasteiger partial charge in [-0.3, -0.25) is 4.79 Å². The van der Waals surface area contributed by atoms with E-state index in [9.17, 15) is 17.6 Å². The van der Waals surface area contributed by atoms with Crippen molar-refractivity contribution >= 4 is 38.4 Å². The summed E-state index contributed by atoms with van der Waals surface area (Å²) in [5.74, 6) is -0.754. The van der Waals surface area contributed by atoms with Crippen LogP contribution < -0.4 is 4.90 Å². The van der Waals surface area contributed by atoms with E-state index in [0.29, 0.717) is 23.9 Å². The van der Waals surface area contributed by atoms with Crippen LogP contribution in [0.1, 0.15) is 12.8 Å². The average Bonchev–Trinajstić information content (AvgIpc) is 3.21. The van der Waals surface area contributed by atoms with E-state index in [-0.39, 0.29) is 28.7 Å². The van der Waals surface area contributed by atoms with Gasteiger partial charge in [-0.25, -0.2) is 12.8 Å². The Morgan fingerprint density at radius 3 is 2.92 bits per heavy atom. The van der Waals surface area contributed by atoms with Gasteiger partial charge in [0.25, 0.3) is 5.91 Å². The lowest BCUT2D eigenvalue weighted by atomic mass is 10.2. The van der Waals surface area contributed by atoms with Gasteiger partial charge in [-0.2, -0.15) is 4.99 Å². The molecule has 3 aliphatic heterocycles. The molecule has 1 aromatic rings. The first kappa shape index (κ1) is 17.0. The maximum atomic E-state index is 13.7. The quantitative estimate of drug-likeness (QED) is 0.771. The number of ether oxygens (including phenoxy) is 1. The van der Waals surface area contributed by atoms with Crippen molar-refractivity contribution in [2.45, 2.75) is 30.2 Å². The molecule has 3 atom stereocenters. The van der Waals surface area contributed by atoms with Crippen LogP contribution in [-0.2, 0) is 19.4 Å². The number of benzene rings is 1. The summed E-state index contributed by atoms with van der Waals surface area (Å²) < 4.78 is 43.0. The Balaban J connectivity index is 1.69. The second-order valence-electron chi connectivity index (χ2n) is 6.38. The predicted octanol–water partition coefficient (Wildman–Crippen LogP) is 1.61. The van der Waals surface area contributed by atoms with Gasteiger partial charge in [0.1, 0.15) is 11.9 Å². The van der Waals surface area contributed by atoms with E-state index >= 15 is 0 Å². The molecule has 3 fully saturated rings. The van der Waals surface area contributed by atoms with Crippen LogP contribution in [0.3, 0.4) is 0 Å². The summed E-state index contributed by atoms with van der Waals surface area (Å²) in [5, 5.41) is 0.223. The summed E-state index contributed by atoms with van der Waals surface area (Å²) in [6.07, 6.45) is 0.930. The number of carbonyl (C=O) groups excluding carboxylic acids is 1. The summed E-state index contributed by atoms with van der Waals surface area (Å²) in [7, 11) is -3.14. The zero-order valence-electron chi connectivity index (χ0n) is 13.3. The Labute approximate surface area is 149 Å². The van der Waals surface area contributed by atoms with Gasteiger partial charge in [0, 0.05) is 17.5 Å². The first-order chi connectivity index (χ1) is 11.9. The normalized spacial score (nSPS) is 32.3. The number of carbonyl (C=O) groups is 1. The highest BCUT2D eigenvalue weighted by Gasteiger charge is 2.49. The molecule has 3 heterocycles. The third kappa shape index (κ3) is 3.32. The molecule has 0 N–H and O–H groups in total. The molecule has 0 aliphatic carbocycles. The second kappa shape index (κ2) is 6.37. The summed E-state index contributed by atoms with van der Waals surface area (Å²) >= 11 is 1.28. The van der Waals surface area contributed by atoms with E-state index in [1.54, 1.807) is 17.0 Å². The number of hydrogen-bond donors (Lipinski definition) is 0. The first-order valence-corrected chi connectivity index (χ1v) is 10.8. The van der Waals surface area contributed by atoms with Crippen LogP contribution in [0.15, 0.2) is 29.3 Å². The maximum absolute atomic E-state index is 13.7. The van der Waals surface area contributed by atoms with E-state index in [1.165, 1.54) is 23.9 Å². The minimum absolute atomic E-state index is 0.0195. The van der Waals surface area contributed by atoms with Crippen LogP contribution in [0.4, 0.5) is 10.1 Å². The molecule has 6 nitrogen and oxygen atoms in total. The van der Waals surface area contributed by atoms with E-state index in [2.05, 4.69) is 4.99 Å². The topological polar surface area (TPSA) is 76.0 Å². The fourth-order valence-electron chi connectivity index (χ4n) is 3.43. The fraction of sp³-hybridized carbons (Fsp3) is 0.500. The number of fused-ring (bicyclic) bond motifs is 1. The Bertz CT molecular complexity index is 836. The van der Waals surface area contributed by atoms with Crippen molar-refractivity contribution < 1.29 is 22.3 Å². The molecule has 1 amide bonds. The van der Waals surface area contributed by atoms with Gasteiger partial charge in [-0.1, -0.05) is 17.8 Å². The van der Waals surface area contributed by atoms with Crippen LogP contribution in [0.2, 0.25) is 0 Å². The number of sulfone groups is 1. The van der Waals surface area contributed by atoms with Gasteiger partial charge >= 0.3 is 0 Å². The lowest BCUT2D eigenvalue weighted by molar-refractivity contribution is -0.126. The number of anilines is 1. The summed E-state index contributed by atoms with van der Waals surface area (Å²) in [6, 6.07) is 5.58. The lowest BCUT2D eigenvalue weighted by Crippen LogP contribution is -2.38. The Morgan fingerprint density at radius 2 is 2.20 bits per heavy atom. The number of halogens is 1. The highest BCUT2D eigenvalue weighted by molar-refractivity contribution is 8.16. The van der Waals surface area contributed by atoms with Crippen LogP contribution >= 0.6 is 11.8 Å². The lowest BCUT2D eigenvalue weighted by Gasteiger charge is -2.24. The van der Waals surface area contributed by atoms with Crippen LogP contribution in [0.5, 0.6) is 0 Å². The zero-order valence-corrected chi connectivity index (χ0v) is 14.9. The molecule has 4 rings (SSSR count). The second-order valence-corrected chi connectivity index (χ2v) is 9.74. The Kier molecular flexibility index (Phi) is 4.33. The van der Waals surface area contributed by atoms with Gasteiger partial charge in [-0.15, -0.1) is 0 Å². The van der Waals surface area contributed by atoms with Crippen molar-refractivity contribution in [3.63, 3.8) is 0 Å². The minimum atomic E-state index is -3.14. The monoisotopic (exact) mass is 384 g/mol. The van der Waals surface area contributed by atoms with Gasteiger partial charge in [-0.05, 0) is 31.0 Å². The average molecular weight is 384 g/mol. The van der Waals surface area contributed by atoms with Crippen molar-refractivity contribution in [1.29, 1.82) is 0 Å². The Morgan fingerprint density at radius 1 is 1.36 bits per heavy atom. The summed E-state index contributed by atoms with van der Waals surface area (Å²) in [4.78, 5) is 18.2. The van der Waals surface area contributed by atoms with Gasteiger partial charge in [0.2, 0.25) is 0 Å².